The van der Waals surface area contributed by atoms with E-state index in [1.54, 1.807) is 6.21 Å². The van der Waals surface area contributed by atoms with Gasteiger partial charge in [-0.05, 0) is 36.5 Å². The summed E-state index contributed by atoms with van der Waals surface area (Å²) in [5.74, 6) is 0.221. The molecule has 0 spiro atoms. The molecule has 130 valence electrons. The largest absolute Gasteiger partial charge is 0.273 e. The molecule has 1 aliphatic carbocycles. The van der Waals surface area contributed by atoms with Crippen molar-refractivity contribution in [3.8, 4) is 0 Å². The first kappa shape index (κ1) is 16.7. The minimum atomic E-state index is -0.0594. The van der Waals surface area contributed by atoms with Gasteiger partial charge in [-0.1, -0.05) is 60.1 Å². The lowest BCUT2D eigenvalue weighted by atomic mass is 10.1. The summed E-state index contributed by atoms with van der Waals surface area (Å²) >= 11 is 6.25. The number of hydrogen-bond donors (Lipinski definition) is 1. The Hall–Kier alpha value is -2.72. The fourth-order valence-electron chi connectivity index (χ4n) is 3.23. The van der Waals surface area contributed by atoms with Crippen molar-refractivity contribution >= 4 is 34.6 Å². The van der Waals surface area contributed by atoms with Crippen molar-refractivity contribution in [3.05, 3.63) is 76.4 Å². The average molecular weight is 364 g/mol. The molecule has 2 atom stereocenters. The summed E-state index contributed by atoms with van der Waals surface area (Å²) in [4.78, 5) is 16.7. The van der Waals surface area contributed by atoms with E-state index in [-0.39, 0.29) is 11.8 Å². The first-order valence-corrected chi connectivity index (χ1v) is 8.95. The van der Waals surface area contributed by atoms with Crippen molar-refractivity contribution in [2.24, 2.45) is 11.0 Å². The Labute approximate surface area is 156 Å². The summed E-state index contributed by atoms with van der Waals surface area (Å²) in [6.45, 7) is 2.00. The van der Waals surface area contributed by atoms with Crippen LogP contribution in [0.2, 0.25) is 5.15 Å². The Morgan fingerprint density at radius 3 is 2.85 bits per heavy atom. The molecule has 4 rings (SSSR count). The minimum absolute atomic E-state index is 0.0117. The number of hydrogen-bond acceptors (Lipinski definition) is 3. The Kier molecular flexibility index (Phi) is 4.43. The molecule has 1 aromatic heterocycles. The number of amides is 1. The zero-order chi connectivity index (χ0) is 18.1. The molecule has 3 aromatic rings. The molecule has 2 aromatic carbocycles. The number of halogens is 1. The third-order valence-electron chi connectivity index (χ3n) is 4.76. The Balaban J connectivity index is 1.44. The van der Waals surface area contributed by atoms with Gasteiger partial charge >= 0.3 is 0 Å². The monoisotopic (exact) mass is 363 g/mol. The Morgan fingerprint density at radius 2 is 2.04 bits per heavy atom. The lowest BCUT2D eigenvalue weighted by Crippen LogP contribution is -2.20. The number of aromatic nitrogens is 1. The highest BCUT2D eigenvalue weighted by Crippen LogP contribution is 2.47. The van der Waals surface area contributed by atoms with Crippen LogP contribution in [0.1, 0.15) is 29.0 Å². The Morgan fingerprint density at radius 1 is 1.23 bits per heavy atom. The van der Waals surface area contributed by atoms with E-state index in [4.69, 9.17) is 11.6 Å². The van der Waals surface area contributed by atoms with Gasteiger partial charge in [0, 0.05) is 16.9 Å². The van der Waals surface area contributed by atoms with Crippen LogP contribution < -0.4 is 5.43 Å². The lowest BCUT2D eigenvalue weighted by molar-refractivity contribution is -0.122. The fraction of sp³-hybridized carbons (Fsp3) is 0.190. The molecule has 1 saturated carbocycles. The van der Waals surface area contributed by atoms with Crippen LogP contribution in [0.5, 0.6) is 0 Å². The van der Waals surface area contributed by atoms with Gasteiger partial charge in [0.1, 0.15) is 5.15 Å². The van der Waals surface area contributed by atoms with E-state index in [9.17, 15) is 4.79 Å². The molecule has 0 bridgehead atoms. The number of nitrogens with zero attached hydrogens (tertiary/aromatic N) is 2. The van der Waals surface area contributed by atoms with E-state index in [0.29, 0.717) is 16.6 Å². The molecular formula is C21H18ClN3O. The van der Waals surface area contributed by atoms with Crippen LogP contribution in [0.25, 0.3) is 10.9 Å². The number of rotatable bonds is 4. The van der Waals surface area contributed by atoms with E-state index >= 15 is 0 Å². The van der Waals surface area contributed by atoms with Gasteiger partial charge < -0.3 is 0 Å². The van der Waals surface area contributed by atoms with E-state index in [0.717, 1.165) is 22.9 Å². The van der Waals surface area contributed by atoms with Crippen LogP contribution >= 0.6 is 11.6 Å². The van der Waals surface area contributed by atoms with Crippen LogP contribution in [-0.2, 0) is 4.79 Å². The molecule has 1 fully saturated rings. The van der Waals surface area contributed by atoms with Crippen molar-refractivity contribution in [1.29, 1.82) is 0 Å². The molecule has 1 aliphatic rings. The second kappa shape index (κ2) is 6.89. The van der Waals surface area contributed by atoms with E-state index in [2.05, 4.69) is 27.6 Å². The van der Waals surface area contributed by atoms with Gasteiger partial charge in [0.25, 0.3) is 0 Å². The number of nitrogens with one attached hydrogen (secondary N) is 1. The van der Waals surface area contributed by atoms with Crippen molar-refractivity contribution < 1.29 is 4.79 Å². The van der Waals surface area contributed by atoms with Crippen LogP contribution in [0.4, 0.5) is 0 Å². The van der Waals surface area contributed by atoms with Gasteiger partial charge in [0.05, 0.1) is 11.7 Å². The minimum Gasteiger partial charge on any atom is -0.273 e. The molecular weight excluding hydrogens is 346 g/mol. The molecule has 1 amide bonds. The van der Waals surface area contributed by atoms with Gasteiger partial charge in [0.15, 0.2) is 0 Å². The van der Waals surface area contributed by atoms with Gasteiger partial charge in [-0.15, -0.1) is 0 Å². The van der Waals surface area contributed by atoms with Crippen LogP contribution in [-0.4, -0.2) is 17.1 Å². The quantitative estimate of drug-likeness (QED) is 0.423. The molecule has 4 nitrogen and oxygen atoms in total. The number of para-hydroxylation sites is 1. The third-order valence-corrected chi connectivity index (χ3v) is 5.06. The molecule has 0 aliphatic heterocycles. The fourth-order valence-corrected chi connectivity index (χ4v) is 3.42. The first-order valence-electron chi connectivity index (χ1n) is 8.57. The topological polar surface area (TPSA) is 54.4 Å². The highest BCUT2D eigenvalue weighted by molar-refractivity contribution is 6.32. The number of pyridine rings is 1. The van der Waals surface area contributed by atoms with E-state index < -0.39 is 0 Å². The third kappa shape index (κ3) is 3.33. The van der Waals surface area contributed by atoms with Crippen molar-refractivity contribution in [1.82, 2.24) is 10.4 Å². The second-order valence-corrected chi connectivity index (χ2v) is 6.97. The number of fused-ring (bicyclic) bond motifs is 1. The zero-order valence-electron chi connectivity index (χ0n) is 14.3. The lowest BCUT2D eigenvalue weighted by Gasteiger charge is -2.04. The van der Waals surface area contributed by atoms with Crippen LogP contribution in [0.15, 0.2) is 59.7 Å². The summed E-state index contributed by atoms with van der Waals surface area (Å²) in [6, 6.07) is 18.0. The predicted octanol–water partition coefficient (Wildman–Crippen LogP) is 4.45. The maximum atomic E-state index is 12.2. The average Bonchev–Trinajstić information content (AvgIpc) is 3.45. The summed E-state index contributed by atoms with van der Waals surface area (Å²) < 4.78 is 0. The normalized spacial score (nSPS) is 19.0. The number of benzene rings is 2. The molecule has 0 unspecified atom stereocenters. The van der Waals surface area contributed by atoms with Crippen molar-refractivity contribution in [2.75, 3.05) is 0 Å². The molecule has 0 radical (unpaired) electrons. The van der Waals surface area contributed by atoms with Gasteiger partial charge in [-0.3, -0.25) is 4.79 Å². The molecule has 5 heteroatoms. The summed E-state index contributed by atoms with van der Waals surface area (Å²) in [5.41, 5.74) is 6.46. The van der Waals surface area contributed by atoms with Crippen molar-refractivity contribution in [3.63, 3.8) is 0 Å². The highest BCUT2D eigenvalue weighted by Gasteiger charge is 2.43. The number of carbonyl (C=O) groups excluding carboxylic acids is 1. The molecule has 1 heterocycles. The maximum Gasteiger partial charge on any atom is 0.243 e. The Bertz CT molecular complexity index is 1000. The zero-order valence-corrected chi connectivity index (χ0v) is 15.1. The first-order chi connectivity index (χ1) is 12.6. The highest BCUT2D eigenvalue weighted by atomic mass is 35.5. The van der Waals surface area contributed by atoms with Gasteiger partial charge in [-0.2, -0.15) is 5.10 Å². The van der Waals surface area contributed by atoms with Crippen LogP contribution in [0, 0.1) is 12.8 Å². The van der Waals surface area contributed by atoms with Gasteiger partial charge in [-0.25, -0.2) is 10.4 Å². The maximum absolute atomic E-state index is 12.2. The van der Waals surface area contributed by atoms with Crippen molar-refractivity contribution in [2.45, 2.75) is 19.3 Å². The summed E-state index contributed by atoms with van der Waals surface area (Å²) in [7, 11) is 0. The van der Waals surface area contributed by atoms with E-state index in [1.807, 2.05) is 49.4 Å². The molecule has 0 saturated heterocycles. The predicted molar refractivity (Wildman–Crippen MR) is 105 cm³/mol. The number of hydrazone groups is 1. The standard InChI is InChI=1S/C21H18ClN3O/c1-13-6-5-9-15-10-16(20(22)24-19(13)15)12-23-25-21(26)18-11-17(18)14-7-3-2-4-8-14/h2-10,12,17-18H,11H2,1H3,(H,25,26)/b23-12+/t17-,18+/m0/s1. The number of aryl methyl sites for hydroxylation is 1. The van der Waals surface area contributed by atoms with Gasteiger partial charge in [0.2, 0.25) is 5.91 Å². The smallest absolute Gasteiger partial charge is 0.243 e. The molecule has 26 heavy (non-hydrogen) atoms. The number of carbonyl (C=O) groups is 1. The van der Waals surface area contributed by atoms with E-state index in [1.165, 1.54) is 5.56 Å². The summed E-state index contributed by atoms with van der Waals surface area (Å²) in [6.07, 6.45) is 2.41. The SMILES string of the molecule is Cc1cccc2cc(/C=N/NC(=O)[C@@H]3C[C@H]3c3ccccc3)c(Cl)nc12. The van der Waals surface area contributed by atoms with Crippen LogP contribution in [0.3, 0.4) is 0 Å². The molecule has 1 N–H and O–H groups in total. The summed E-state index contributed by atoms with van der Waals surface area (Å²) in [5, 5.41) is 5.44. The second-order valence-electron chi connectivity index (χ2n) is 6.61.